The number of rotatable bonds is 9. The number of benzene rings is 2. The van der Waals surface area contributed by atoms with Crippen molar-refractivity contribution < 1.29 is 14.6 Å². The van der Waals surface area contributed by atoms with Crippen LogP contribution in [0.15, 0.2) is 48.5 Å². The Morgan fingerprint density at radius 3 is 2.35 bits per heavy atom. The summed E-state index contributed by atoms with van der Waals surface area (Å²) in [6.45, 7) is 9.55. The summed E-state index contributed by atoms with van der Waals surface area (Å²) in [6.07, 6.45) is 0.0994. The Kier molecular flexibility index (Phi) is 8.52. The second kappa shape index (κ2) is 11.5. The fourth-order valence-electron chi connectivity index (χ4n) is 3.91. The average Bonchev–Trinajstić information content (AvgIpc) is 2.78. The molecule has 2 atom stereocenters. The highest BCUT2D eigenvalue weighted by molar-refractivity contribution is 5.67. The van der Waals surface area contributed by atoms with Crippen LogP contribution in [-0.2, 0) is 17.9 Å². The molecule has 164 valence electrons. The van der Waals surface area contributed by atoms with Crippen molar-refractivity contribution in [3.63, 3.8) is 0 Å². The molecule has 0 spiro atoms. The number of aliphatic carboxylic acids is 1. The summed E-state index contributed by atoms with van der Waals surface area (Å²) in [6, 6.07) is 16.5. The zero-order valence-corrected chi connectivity index (χ0v) is 18.4. The SMILES string of the molecule is CC#C[C@H](c1ccc(OCc2ccc(CN3CCNCC3)cc2)cc1)C(C)CC(=O)O. The summed E-state index contributed by atoms with van der Waals surface area (Å²) >= 11 is 0. The van der Waals surface area contributed by atoms with Gasteiger partial charge in [-0.1, -0.05) is 49.2 Å². The number of nitrogens with zero attached hydrogens (tertiary/aromatic N) is 1. The van der Waals surface area contributed by atoms with Crippen molar-refractivity contribution in [3.05, 3.63) is 65.2 Å². The molecule has 1 saturated heterocycles. The number of nitrogens with one attached hydrogen (secondary N) is 1. The van der Waals surface area contributed by atoms with Gasteiger partial charge in [0.15, 0.2) is 0 Å². The maximum Gasteiger partial charge on any atom is 0.303 e. The molecule has 5 nitrogen and oxygen atoms in total. The summed E-state index contributed by atoms with van der Waals surface area (Å²) in [5.74, 6) is 5.93. The van der Waals surface area contributed by atoms with E-state index in [1.165, 1.54) is 5.56 Å². The molecule has 3 rings (SSSR count). The van der Waals surface area contributed by atoms with Gasteiger partial charge in [-0.15, -0.1) is 5.92 Å². The molecule has 0 aliphatic carbocycles. The summed E-state index contributed by atoms with van der Waals surface area (Å²) in [4.78, 5) is 13.5. The number of carbonyl (C=O) groups is 1. The van der Waals surface area contributed by atoms with Crippen LogP contribution >= 0.6 is 0 Å². The van der Waals surface area contributed by atoms with Gasteiger partial charge in [0.1, 0.15) is 12.4 Å². The van der Waals surface area contributed by atoms with Crippen LogP contribution in [0, 0.1) is 17.8 Å². The summed E-state index contributed by atoms with van der Waals surface area (Å²) < 4.78 is 5.95. The Balaban J connectivity index is 1.54. The number of piperazine rings is 1. The normalized spacial score (nSPS) is 16.1. The fraction of sp³-hybridized carbons (Fsp3) is 0.423. The van der Waals surface area contributed by atoms with Crippen molar-refractivity contribution in [3.8, 4) is 17.6 Å². The number of hydrogen-bond donors (Lipinski definition) is 2. The van der Waals surface area contributed by atoms with Gasteiger partial charge in [-0.2, -0.15) is 0 Å². The second-order valence-electron chi connectivity index (χ2n) is 8.15. The summed E-state index contributed by atoms with van der Waals surface area (Å²) in [7, 11) is 0. The molecule has 0 aromatic heterocycles. The second-order valence-corrected chi connectivity index (χ2v) is 8.15. The lowest BCUT2D eigenvalue weighted by Crippen LogP contribution is -2.42. The molecule has 31 heavy (non-hydrogen) atoms. The van der Waals surface area contributed by atoms with Gasteiger partial charge < -0.3 is 15.2 Å². The van der Waals surface area contributed by atoms with Gasteiger partial charge in [0.05, 0.1) is 0 Å². The third kappa shape index (κ3) is 7.13. The van der Waals surface area contributed by atoms with Crippen molar-refractivity contribution in [1.29, 1.82) is 0 Å². The summed E-state index contributed by atoms with van der Waals surface area (Å²) in [5, 5.41) is 12.5. The lowest BCUT2D eigenvalue weighted by molar-refractivity contribution is -0.138. The van der Waals surface area contributed by atoms with E-state index in [-0.39, 0.29) is 18.3 Å². The lowest BCUT2D eigenvalue weighted by Gasteiger charge is -2.27. The van der Waals surface area contributed by atoms with Crippen LogP contribution in [0.5, 0.6) is 5.75 Å². The van der Waals surface area contributed by atoms with Gasteiger partial charge in [0.25, 0.3) is 0 Å². The smallest absolute Gasteiger partial charge is 0.303 e. The number of carboxylic acid groups (broad SMARTS) is 1. The van der Waals surface area contributed by atoms with E-state index in [1.807, 2.05) is 31.2 Å². The topological polar surface area (TPSA) is 61.8 Å². The van der Waals surface area contributed by atoms with E-state index in [2.05, 4.69) is 46.3 Å². The van der Waals surface area contributed by atoms with Crippen molar-refractivity contribution in [1.82, 2.24) is 10.2 Å². The van der Waals surface area contributed by atoms with Gasteiger partial charge >= 0.3 is 5.97 Å². The minimum atomic E-state index is -0.797. The number of ether oxygens (including phenoxy) is 1. The molecule has 5 heteroatoms. The molecule has 1 fully saturated rings. The Morgan fingerprint density at radius 2 is 1.74 bits per heavy atom. The first-order valence-corrected chi connectivity index (χ1v) is 10.9. The van der Waals surface area contributed by atoms with Crippen LogP contribution in [0.2, 0.25) is 0 Å². The quantitative estimate of drug-likeness (QED) is 0.603. The van der Waals surface area contributed by atoms with Crippen molar-refractivity contribution >= 4 is 5.97 Å². The number of carboxylic acids is 1. The summed E-state index contributed by atoms with van der Waals surface area (Å²) in [5.41, 5.74) is 3.49. The first-order valence-electron chi connectivity index (χ1n) is 10.9. The van der Waals surface area contributed by atoms with Gasteiger partial charge in [0.2, 0.25) is 0 Å². The van der Waals surface area contributed by atoms with Crippen LogP contribution in [0.25, 0.3) is 0 Å². The van der Waals surface area contributed by atoms with E-state index in [0.717, 1.165) is 49.6 Å². The van der Waals surface area contributed by atoms with E-state index in [1.54, 1.807) is 6.92 Å². The van der Waals surface area contributed by atoms with Gasteiger partial charge in [-0.25, -0.2) is 0 Å². The fourth-order valence-corrected chi connectivity index (χ4v) is 3.91. The van der Waals surface area contributed by atoms with Gasteiger partial charge in [0, 0.05) is 45.1 Å². The molecule has 0 radical (unpaired) electrons. The minimum Gasteiger partial charge on any atom is -0.489 e. The molecule has 1 aliphatic rings. The van der Waals surface area contributed by atoms with Crippen LogP contribution in [0.3, 0.4) is 0 Å². The van der Waals surface area contributed by atoms with Crippen LogP contribution < -0.4 is 10.1 Å². The first-order chi connectivity index (χ1) is 15.0. The maximum atomic E-state index is 11.1. The maximum absolute atomic E-state index is 11.1. The predicted molar refractivity (Wildman–Crippen MR) is 123 cm³/mol. The molecule has 1 heterocycles. The third-order valence-electron chi connectivity index (χ3n) is 5.65. The molecule has 1 unspecified atom stereocenters. The highest BCUT2D eigenvalue weighted by atomic mass is 16.5. The molecule has 2 aromatic rings. The minimum absolute atomic E-state index is 0.0589. The highest BCUT2D eigenvalue weighted by Crippen LogP contribution is 2.28. The van der Waals surface area contributed by atoms with Crippen LogP contribution in [-0.4, -0.2) is 42.2 Å². The van der Waals surface area contributed by atoms with E-state index in [9.17, 15) is 4.79 Å². The Hall–Kier alpha value is -2.81. The zero-order valence-electron chi connectivity index (χ0n) is 18.4. The Labute approximate surface area is 185 Å². The molecule has 1 aliphatic heterocycles. The Morgan fingerprint density at radius 1 is 1.10 bits per heavy atom. The van der Waals surface area contributed by atoms with E-state index in [0.29, 0.717) is 6.61 Å². The largest absolute Gasteiger partial charge is 0.489 e. The van der Waals surface area contributed by atoms with Crippen molar-refractivity contribution in [2.75, 3.05) is 26.2 Å². The third-order valence-corrected chi connectivity index (χ3v) is 5.65. The predicted octanol–water partition coefficient (Wildman–Crippen LogP) is 3.89. The average molecular weight is 421 g/mol. The van der Waals surface area contributed by atoms with Crippen molar-refractivity contribution in [2.45, 2.75) is 39.3 Å². The molecule has 0 bridgehead atoms. The molecule has 0 saturated carbocycles. The zero-order chi connectivity index (χ0) is 22.1. The molecule has 2 aromatic carbocycles. The monoisotopic (exact) mass is 420 g/mol. The standard InChI is InChI=1S/C26H32N2O3/c1-3-4-25(20(2)17-26(29)30)23-9-11-24(12-10-23)31-19-22-7-5-21(6-8-22)18-28-15-13-27-14-16-28/h5-12,20,25,27H,13-19H2,1-2H3,(H,29,30)/t20?,25-/m0/s1. The first kappa shape index (κ1) is 22.9. The Bertz CT molecular complexity index is 891. The van der Waals surface area contributed by atoms with Crippen LogP contribution in [0.4, 0.5) is 0 Å². The molecule has 2 N–H and O–H groups in total. The number of hydrogen-bond acceptors (Lipinski definition) is 4. The van der Waals surface area contributed by atoms with E-state index in [4.69, 9.17) is 9.84 Å². The van der Waals surface area contributed by atoms with Crippen LogP contribution in [0.1, 0.15) is 42.9 Å². The highest BCUT2D eigenvalue weighted by Gasteiger charge is 2.20. The van der Waals surface area contributed by atoms with E-state index < -0.39 is 5.97 Å². The lowest BCUT2D eigenvalue weighted by atomic mass is 9.85. The molecular weight excluding hydrogens is 388 g/mol. The van der Waals surface area contributed by atoms with Crippen molar-refractivity contribution in [2.24, 2.45) is 5.92 Å². The molecular formula is C26H32N2O3. The molecule has 0 amide bonds. The van der Waals surface area contributed by atoms with Gasteiger partial charge in [-0.05, 0) is 41.7 Å². The van der Waals surface area contributed by atoms with Gasteiger partial charge in [-0.3, -0.25) is 9.69 Å². The van der Waals surface area contributed by atoms with E-state index >= 15 is 0 Å².